The van der Waals surface area contributed by atoms with Gasteiger partial charge >= 0.3 is 5.97 Å². The molecule has 0 aliphatic rings. The number of rotatable bonds is 4. The lowest BCUT2D eigenvalue weighted by molar-refractivity contribution is -0.142. The highest BCUT2D eigenvalue weighted by atomic mass is 79.9. The second kappa shape index (κ2) is 5.45. The largest absolute Gasteiger partial charge is 0.479 e. The monoisotopic (exact) mass is 275 g/mol. The van der Waals surface area contributed by atoms with E-state index in [9.17, 15) is 9.18 Å². The second-order valence-electron chi connectivity index (χ2n) is 2.57. The summed E-state index contributed by atoms with van der Waals surface area (Å²) in [7, 11) is 0. The molecule has 80 valence electrons. The number of carboxylic acid groups (broad SMARTS) is 1. The van der Waals surface area contributed by atoms with Gasteiger partial charge in [0.25, 0.3) is 0 Å². The third-order valence-corrected chi connectivity index (χ3v) is 2.10. The van der Waals surface area contributed by atoms with Crippen molar-refractivity contribution in [3.05, 3.63) is 34.1 Å². The Hall–Kier alpha value is -1.43. The molecule has 0 amide bonds. The van der Waals surface area contributed by atoms with Gasteiger partial charge in [0.1, 0.15) is 5.82 Å². The van der Waals surface area contributed by atoms with Crippen LogP contribution in [0, 0.1) is 5.82 Å². The van der Waals surface area contributed by atoms with Crippen LogP contribution in [-0.4, -0.2) is 23.9 Å². The van der Waals surface area contributed by atoms with Gasteiger partial charge < -0.3 is 9.94 Å². The van der Waals surface area contributed by atoms with Crippen LogP contribution in [0.5, 0.6) is 0 Å². The molecule has 0 aliphatic carbocycles. The summed E-state index contributed by atoms with van der Waals surface area (Å²) in [5.41, 5.74) is 0.599. The maximum atomic E-state index is 12.7. The van der Waals surface area contributed by atoms with Gasteiger partial charge in [0, 0.05) is 10.0 Å². The summed E-state index contributed by atoms with van der Waals surface area (Å²) in [6.07, 6.45) is 1.30. The zero-order valence-electron chi connectivity index (χ0n) is 7.48. The molecule has 0 aliphatic heterocycles. The van der Waals surface area contributed by atoms with Crippen molar-refractivity contribution in [1.29, 1.82) is 0 Å². The quantitative estimate of drug-likeness (QED) is 0.676. The third-order valence-electron chi connectivity index (χ3n) is 1.42. The Bertz CT molecular complexity index is 395. The van der Waals surface area contributed by atoms with Crippen LogP contribution in [0.4, 0.5) is 4.39 Å². The Morgan fingerprint density at radius 1 is 1.67 bits per heavy atom. The number of hydrogen-bond acceptors (Lipinski definition) is 3. The number of carbonyl (C=O) groups is 1. The molecule has 0 aromatic heterocycles. The first-order valence-electron chi connectivity index (χ1n) is 3.92. The molecule has 15 heavy (non-hydrogen) atoms. The Kier molecular flexibility index (Phi) is 4.23. The van der Waals surface area contributed by atoms with Crippen LogP contribution in [0.15, 0.2) is 27.8 Å². The molecular formula is C9H7BrFNO3. The minimum Gasteiger partial charge on any atom is -0.479 e. The molecule has 0 radical (unpaired) electrons. The average Bonchev–Trinajstić information content (AvgIpc) is 2.14. The van der Waals surface area contributed by atoms with Crippen molar-refractivity contribution in [2.45, 2.75) is 0 Å². The van der Waals surface area contributed by atoms with Crippen LogP contribution in [0.1, 0.15) is 5.56 Å². The lowest BCUT2D eigenvalue weighted by Crippen LogP contribution is -2.03. The van der Waals surface area contributed by atoms with E-state index in [1.165, 1.54) is 24.4 Å². The molecule has 0 atom stereocenters. The first kappa shape index (κ1) is 11.6. The van der Waals surface area contributed by atoms with Crippen molar-refractivity contribution >= 4 is 28.1 Å². The fourth-order valence-electron chi connectivity index (χ4n) is 0.793. The van der Waals surface area contributed by atoms with Crippen LogP contribution in [-0.2, 0) is 9.63 Å². The van der Waals surface area contributed by atoms with E-state index in [1.54, 1.807) is 0 Å². The van der Waals surface area contributed by atoms with Gasteiger partial charge in [-0.3, -0.25) is 0 Å². The van der Waals surface area contributed by atoms with Gasteiger partial charge in [0.05, 0.1) is 6.21 Å². The minimum atomic E-state index is -1.11. The SMILES string of the molecule is O=C(O)CO/N=C/c1ccc(F)cc1Br. The average molecular weight is 276 g/mol. The maximum absolute atomic E-state index is 12.7. The van der Waals surface area contributed by atoms with Crippen LogP contribution in [0.25, 0.3) is 0 Å². The molecule has 0 saturated carbocycles. The predicted molar refractivity (Wildman–Crippen MR) is 55.3 cm³/mol. The summed E-state index contributed by atoms with van der Waals surface area (Å²) >= 11 is 3.13. The van der Waals surface area contributed by atoms with Gasteiger partial charge in [-0.05, 0) is 18.2 Å². The number of carboxylic acids is 1. The van der Waals surface area contributed by atoms with E-state index in [0.29, 0.717) is 10.0 Å². The summed E-state index contributed by atoms with van der Waals surface area (Å²) < 4.78 is 13.2. The van der Waals surface area contributed by atoms with E-state index in [4.69, 9.17) is 5.11 Å². The number of aliphatic carboxylic acids is 1. The van der Waals surface area contributed by atoms with Crippen molar-refractivity contribution < 1.29 is 19.1 Å². The Morgan fingerprint density at radius 2 is 2.40 bits per heavy atom. The number of hydrogen-bond donors (Lipinski definition) is 1. The van der Waals surface area contributed by atoms with Gasteiger partial charge in [0.2, 0.25) is 6.61 Å². The summed E-state index contributed by atoms with van der Waals surface area (Å²) in [5.74, 6) is -1.48. The summed E-state index contributed by atoms with van der Waals surface area (Å²) in [4.78, 5) is 14.5. The third kappa shape index (κ3) is 4.07. The van der Waals surface area contributed by atoms with Crippen molar-refractivity contribution in [2.75, 3.05) is 6.61 Å². The molecular weight excluding hydrogens is 269 g/mol. The lowest BCUT2D eigenvalue weighted by Gasteiger charge is -1.97. The van der Waals surface area contributed by atoms with E-state index >= 15 is 0 Å². The molecule has 0 bridgehead atoms. The van der Waals surface area contributed by atoms with E-state index in [-0.39, 0.29) is 5.82 Å². The molecule has 1 rings (SSSR count). The highest BCUT2D eigenvalue weighted by Gasteiger charge is 1.99. The molecule has 0 saturated heterocycles. The van der Waals surface area contributed by atoms with Crippen molar-refractivity contribution in [2.24, 2.45) is 5.16 Å². The summed E-state index contributed by atoms with van der Waals surface area (Å²) in [6.45, 7) is -0.505. The standard InChI is InChI=1S/C9H7BrFNO3/c10-8-3-7(11)2-1-6(8)4-12-15-5-9(13)14/h1-4H,5H2,(H,13,14)/b12-4+. The van der Waals surface area contributed by atoms with Crippen LogP contribution < -0.4 is 0 Å². The minimum absolute atomic E-state index is 0.370. The van der Waals surface area contributed by atoms with Gasteiger partial charge in [-0.25, -0.2) is 9.18 Å². The summed E-state index contributed by atoms with van der Waals surface area (Å²) in [6, 6.07) is 4.04. The molecule has 0 heterocycles. The number of nitrogens with zero attached hydrogens (tertiary/aromatic N) is 1. The van der Waals surface area contributed by atoms with Gasteiger partial charge in [0.15, 0.2) is 0 Å². The van der Waals surface area contributed by atoms with E-state index in [0.717, 1.165) is 0 Å². The van der Waals surface area contributed by atoms with Gasteiger partial charge in [-0.2, -0.15) is 0 Å². The molecule has 0 spiro atoms. The Labute approximate surface area is 93.5 Å². The lowest BCUT2D eigenvalue weighted by atomic mass is 10.2. The molecule has 1 aromatic carbocycles. The van der Waals surface area contributed by atoms with Crippen LogP contribution >= 0.6 is 15.9 Å². The first-order chi connectivity index (χ1) is 7.09. The number of benzene rings is 1. The summed E-state index contributed by atoms with van der Waals surface area (Å²) in [5, 5.41) is 11.7. The van der Waals surface area contributed by atoms with E-state index in [1.807, 2.05) is 0 Å². The van der Waals surface area contributed by atoms with Crippen LogP contribution in [0.2, 0.25) is 0 Å². The molecule has 1 aromatic rings. The fraction of sp³-hybridized carbons (Fsp3) is 0.111. The van der Waals surface area contributed by atoms with Crippen molar-refractivity contribution in [3.63, 3.8) is 0 Å². The fourth-order valence-corrected chi connectivity index (χ4v) is 1.25. The Balaban J connectivity index is 2.60. The zero-order chi connectivity index (χ0) is 11.3. The Morgan fingerprint density at radius 3 is 3.00 bits per heavy atom. The molecule has 4 nitrogen and oxygen atoms in total. The van der Waals surface area contributed by atoms with E-state index in [2.05, 4.69) is 25.9 Å². The normalized spacial score (nSPS) is 10.5. The number of halogens is 2. The second-order valence-corrected chi connectivity index (χ2v) is 3.42. The zero-order valence-corrected chi connectivity index (χ0v) is 9.07. The highest BCUT2D eigenvalue weighted by molar-refractivity contribution is 9.10. The van der Waals surface area contributed by atoms with E-state index < -0.39 is 12.6 Å². The van der Waals surface area contributed by atoms with Crippen molar-refractivity contribution in [1.82, 2.24) is 0 Å². The number of oxime groups is 1. The maximum Gasteiger partial charge on any atom is 0.344 e. The molecule has 1 N–H and O–H groups in total. The topological polar surface area (TPSA) is 58.9 Å². The first-order valence-corrected chi connectivity index (χ1v) is 4.71. The van der Waals surface area contributed by atoms with Crippen LogP contribution in [0.3, 0.4) is 0 Å². The predicted octanol–water partition coefficient (Wildman–Crippen LogP) is 2.02. The molecule has 0 fully saturated rings. The van der Waals surface area contributed by atoms with Gasteiger partial charge in [-0.1, -0.05) is 21.1 Å². The highest BCUT2D eigenvalue weighted by Crippen LogP contribution is 2.16. The smallest absolute Gasteiger partial charge is 0.344 e. The van der Waals surface area contributed by atoms with Gasteiger partial charge in [-0.15, -0.1) is 0 Å². The molecule has 0 unspecified atom stereocenters. The van der Waals surface area contributed by atoms with Crippen molar-refractivity contribution in [3.8, 4) is 0 Å². The molecule has 6 heteroatoms.